The van der Waals surface area contributed by atoms with E-state index in [1.165, 1.54) is 12.0 Å². The van der Waals surface area contributed by atoms with E-state index in [1.807, 2.05) is 0 Å². The lowest BCUT2D eigenvalue weighted by Gasteiger charge is -2.36. The van der Waals surface area contributed by atoms with Crippen molar-refractivity contribution in [3.63, 3.8) is 0 Å². The zero-order chi connectivity index (χ0) is 14.7. The Labute approximate surface area is 131 Å². The molecule has 6 heteroatoms. The molecule has 1 saturated carbocycles. The molecule has 3 rings (SSSR count). The number of sulfonamides is 1. The van der Waals surface area contributed by atoms with Gasteiger partial charge in [0.2, 0.25) is 10.0 Å². The highest BCUT2D eigenvalue weighted by atomic mass is 32.2. The van der Waals surface area contributed by atoms with E-state index in [9.17, 15) is 8.42 Å². The minimum atomic E-state index is -3.06. The van der Waals surface area contributed by atoms with Crippen molar-refractivity contribution < 1.29 is 8.42 Å². The van der Waals surface area contributed by atoms with E-state index in [4.69, 9.17) is 0 Å². The molecule has 21 heavy (non-hydrogen) atoms. The van der Waals surface area contributed by atoms with Crippen molar-refractivity contribution in [2.45, 2.75) is 43.9 Å². The summed E-state index contributed by atoms with van der Waals surface area (Å²) in [6.07, 6.45) is 5.05. The molecule has 4 nitrogen and oxygen atoms in total. The van der Waals surface area contributed by atoms with Gasteiger partial charge in [-0.1, -0.05) is 19.3 Å². The highest BCUT2D eigenvalue weighted by molar-refractivity contribution is 7.89. The Hall–Kier alpha value is -0.430. The third-order valence-electron chi connectivity index (χ3n) is 4.65. The van der Waals surface area contributed by atoms with Gasteiger partial charge in [0, 0.05) is 32.7 Å². The highest BCUT2D eigenvalue weighted by Gasteiger charge is 2.34. The van der Waals surface area contributed by atoms with Crippen molar-refractivity contribution >= 4 is 21.4 Å². The smallest absolute Gasteiger partial charge is 0.217 e. The lowest BCUT2D eigenvalue weighted by atomic mass is 10.0. The van der Waals surface area contributed by atoms with Gasteiger partial charge in [0.05, 0.1) is 5.25 Å². The second-order valence-corrected chi connectivity index (χ2v) is 9.10. The first kappa shape index (κ1) is 15.5. The van der Waals surface area contributed by atoms with Crippen LogP contribution in [0.15, 0.2) is 16.8 Å². The average Bonchev–Trinajstić information content (AvgIpc) is 3.02. The maximum atomic E-state index is 12.7. The van der Waals surface area contributed by atoms with Gasteiger partial charge in [-0.3, -0.25) is 4.90 Å². The molecule has 0 spiro atoms. The third kappa shape index (κ3) is 3.67. The number of hydrogen-bond acceptors (Lipinski definition) is 4. The van der Waals surface area contributed by atoms with Crippen LogP contribution >= 0.6 is 11.3 Å². The molecule has 2 heterocycles. The molecule has 2 fully saturated rings. The Morgan fingerprint density at radius 1 is 1.10 bits per heavy atom. The maximum absolute atomic E-state index is 12.7. The fourth-order valence-electron chi connectivity index (χ4n) is 3.36. The van der Waals surface area contributed by atoms with Crippen LogP contribution in [-0.4, -0.2) is 49.1 Å². The first-order valence-corrected chi connectivity index (χ1v) is 10.3. The van der Waals surface area contributed by atoms with E-state index < -0.39 is 10.0 Å². The molecule has 1 saturated heterocycles. The molecule has 1 aliphatic heterocycles. The quantitative estimate of drug-likeness (QED) is 0.853. The van der Waals surface area contributed by atoms with E-state index in [2.05, 4.69) is 21.7 Å². The number of nitrogens with zero attached hydrogens (tertiary/aromatic N) is 2. The van der Waals surface area contributed by atoms with Gasteiger partial charge in [-0.15, -0.1) is 0 Å². The highest BCUT2D eigenvalue weighted by Crippen LogP contribution is 2.26. The van der Waals surface area contributed by atoms with E-state index >= 15 is 0 Å². The first-order valence-electron chi connectivity index (χ1n) is 7.88. The van der Waals surface area contributed by atoms with Crippen molar-refractivity contribution in [1.82, 2.24) is 9.21 Å². The molecule has 118 valence electrons. The second-order valence-electron chi connectivity index (χ2n) is 6.11. The molecule has 0 unspecified atom stereocenters. The minimum Gasteiger partial charge on any atom is -0.296 e. The van der Waals surface area contributed by atoms with E-state index in [0.717, 1.165) is 45.3 Å². The summed E-state index contributed by atoms with van der Waals surface area (Å²) < 4.78 is 27.1. The van der Waals surface area contributed by atoms with Crippen LogP contribution in [0.5, 0.6) is 0 Å². The molecule has 1 aliphatic carbocycles. The SMILES string of the molecule is O=S(=O)(C1CCCCC1)N1CCN(Cc2ccsc2)CC1. The summed E-state index contributed by atoms with van der Waals surface area (Å²) in [5.74, 6) is 0. The van der Waals surface area contributed by atoms with Gasteiger partial charge in [0.25, 0.3) is 0 Å². The Balaban J connectivity index is 1.55. The van der Waals surface area contributed by atoms with Crippen LogP contribution in [0.3, 0.4) is 0 Å². The number of thiophene rings is 1. The van der Waals surface area contributed by atoms with Crippen molar-refractivity contribution in [3.05, 3.63) is 22.4 Å². The summed E-state index contributed by atoms with van der Waals surface area (Å²) in [6, 6.07) is 2.15. The fraction of sp³-hybridized carbons (Fsp3) is 0.733. The van der Waals surface area contributed by atoms with Gasteiger partial charge in [0.15, 0.2) is 0 Å². The lowest BCUT2D eigenvalue weighted by molar-refractivity contribution is 0.180. The summed E-state index contributed by atoms with van der Waals surface area (Å²) in [6.45, 7) is 3.95. The summed E-state index contributed by atoms with van der Waals surface area (Å²) in [7, 11) is -3.06. The molecule has 2 aliphatic rings. The summed E-state index contributed by atoms with van der Waals surface area (Å²) in [5.41, 5.74) is 1.34. The molecular weight excluding hydrogens is 304 g/mol. The zero-order valence-corrected chi connectivity index (χ0v) is 14.0. The van der Waals surface area contributed by atoms with Gasteiger partial charge in [-0.25, -0.2) is 8.42 Å². The Bertz CT molecular complexity index is 528. The molecule has 1 aromatic heterocycles. The number of rotatable bonds is 4. The topological polar surface area (TPSA) is 40.6 Å². The minimum absolute atomic E-state index is 0.116. The summed E-state index contributed by atoms with van der Waals surface area (Å²) in [5, 5.41) is 4.15. The van der Waals surface area contributed by atoms with Crippen LogP contribution < -0.4 is 0 Å². The molecule has 0 atom stereocenters. The molecule has 0 radical (unpaired) electrons. The van der Waals surface area contributed by atoms with Crippen molar-refractivity contribution in [2.24, 2.45) is 0 Å². The van der Waals surface area contributed by atoms with Gasteiger partial charge in [0.1, 0.15) is 0 Å². The lowest BCUT2D eigenvalue weighted by Crippen LogP contribution is -2.50. The van der Waals surface area contributed by atoms with Crippen molar-refractivity contribution in [2.75, 3.05) is 26.2 Å². The predicted octanol–water partition coefficient (Wildman–Crippen LogP) is 2.53. The van der Waals surface area contributed by atoms with Crippen LogP contribution in [0.1, 0.15) is 37.7 Å². The number of hydrogen-bond donors (Lipinski definition) is 0. The van der Waals surface area contributed by atoms with Crippen LogP contribution in [0.2, 0.25) is 0 Å². The summed E-state index contributed by atoms with van der Waals surface area (Å²) in [4.78, 5) is 2.36. The van der Waals surface area contributed by atoms with Crippen molar-refractivity contribution in [3.8, 4) is 0 Å². The van der Waals surface area contributed by atoms with E-state index in [-0.39, 0.29) is 5.25 Å². The zero-order valence-electron chi connectivity index (χ0n) is 12.4. The van der Waals surface area contributed by atoms with Crippen LogP contribution in [-0.2, 0) is 16.6 Å². The van der Waals surface area contributed by atoms with E-state index in [0.29, 0.717) is 13.1 Å². The average molecular weight is 329 g/mol. The molecule has 0 aromatic carbocycles. The van der Waals surface area contributed by atoms with Crippen LogP contribution in [0.4, 0.5) is 0 Å². The van der Waals surface area contributed by atoms with Crippen molar-refractivity contribution in [1.29, 1.82) is 0 Å². The van der Waals surface area contributed by atoms with Gasteiger partial charge in [-0.05, 0) is 35.2 Å². The normalized spacial score (nSPS) is 23.4. The molecule has 0 N–H and O–H groups in total. The molecule has 1 aromatic rings. The molecular formula is C15H24N2O2S2. The maximum Gasteiger partial charge on any atom is 0.217 e. The van der Waals surface area contributed by atoms with E-state index in [1.54, 1.807) is 15.6 Å². The largest absolute Gasteiger partial charge is 0.296 e. The predicted molar refractivity (Wildman–Crippen MR) is 87.0 cm³/mol. The molecule has 0 amide bonds. The first-order chi connectivity index (χ1) is 10.2. The summed E-state index contributed by atoms with van der Waals surface area (Å²) >= 11 is 1.72. The third-order valence-corrected chi connectivity index (χ3v) is 7.78. The van der Waals surface area contributed by atoms with Crippen LogP contribution in [0, 0.1) is 0 Å². The van der Waals surface area contributed by atoms with Crippen LogP contribution in [0.25, 0.3) is 0 Å². The van der Waals surface area contributed by atoms with Gasteiger partial charge >= 0.3 is 0 Å². The molecule has 0 bridgehead atoms. The standard InChI is InChI=1S/C15H24N2O2S2/c18-21(19,15-4-2-1-3-5-15)17-9-7-16(8-10-17)12-14-6-11-20-13-14/h6,11,13,15H,1-5,7-10,12H2. The second kappa shape index (κ2) is 6.77. The monoisotopic (exact) mass is 328 g/mol. The Morgan fingerprint density at radius 2 is 1.81 bits per heavy atom. The number of piperazine rings is 1. The fourth-order valence-corrected chi connectivity index (χ4v) is 6.04. The van der Waals surface area contributed by atoms with Gasteiger partial charge in [-0.2, -0.15) is 15.6 Å². The Morgan fingerprint density at radius 3 is 2.43 bits per heavy atom. The Kier molecular flexibility index (Phi) is 4.99. The van der Waals surface area contributed by atoms with Gasteiger partial charge < -0.3 is 0 Å².